The van der Waals surface area contributed by atoms with E-state index in [1.54, 1.807) is 27.6 Å². The van der Waals surface area contributed by atoms with Crippen molar-refractivity contribution in [1.82, 2.24) is 9.80 Å². The first-order valence-corrected chi connectivity index (χ1v) is 14.1. The van der Waals surface area contributed by atoms with Crippen molar-refractivity contribution in [3.8, 4) is 0 Å². The van der Waals surface area contributed by atoms with Crippen molar-refractivity contribution in [2.45, 2.75) is 55.2 Å². The highest BCUT2D eigenvalue weighted by atomic mass is 32.2. The minimum absolute atomic E-state index is 0.0462. The van der Waals surface area contributed by atoms with Crippen LogP contribution >= 0.6 is 11.8 Å². The molecule has 3 aliphatic rings. The molecule has 7 nitrogen and oxygen atoms in total. The zero-order valence-corrected chi connectivity index (χ0v) is 22.4. The number of fused-ring (bicyclic) bond motifs is 1. The third kappa shape index (κ3) is 4.98. The zero-order valence-electron chi connectivity index (χ0n) is 21.6. The molecule has 2 bridgehead atoms. The summed E-state index contributed by atoms with van der Waals surface area (Å²) < 4.78 is 4.77. The summed E-state index contributed by atoms with van der Waals surface area (Å²) >= 11 is 1.65. The fourth-order valence-electron chi connectivity index (χ4n) is 6.48. The molecular weight excluding hydrogens is 488 g/mol. The molecule has 37 heavy (non-hydrogen) atoms. The quantitative estimate of drug-likeness (QED) is 0.241. The first-order chi connectivity index (χ1) is 17.9. The Morgan fingerprint density at radius 2 is 1.97 bits per heavy atom. The van der Waals surface area contributed by atoms with Crippen LogP contribution in [0, 0.1) is 17.8 Å². The summed E-state index contributed by atoms with van der Waals surface area (Å²) in [6.07, 6.45) is 6.11. The number of thioether (sulfide) groups is 1. The van der Waals surface area contributed by atoms with E-state index in [2.05, 4.69) is 20.1 Å². The van der Waals surface area contributed by atoms with E-state index in [0.29, 0.717) is 32.5 Å². The Hall–Kier alpha value is -2.58. The number of amides is 2. The Kier molecular flexibility index (Phi) is 8.80. The summed E-state index contributed by atoms with van der Waals surface area (Å²) in [4.78, 5) is 45.1. The van der Waals surface area contributed by atoms with Crippen LogP contribution in [0.15, 0.2) is 55.6 Å². The lowest BCUT2D eigenvalue weighted by Gasteiger charge is -2.40. The molecule has 1 N–H and O–H groups in total. The molecule has 1 spiro atoms. The van der Waals surface area contributed by atoms with Crippen molar-refractivity contribution >= 4 is 29.5 Å². The van der Waals surface area contributed by atoms with Gasteiger partial charge in [0, 0.05) is 31.5 Å². The highest BCUT2D eigenvalue weighted by molar-refractivity contribution is 8.02. The second kappa shape index (κ2) is 11.9. The number of hydrogen-bond donors (Lipinski definition) is 1. The molecule has 6 atom stereocenters. The third-order valence-corrected chi connectivity index (χ3v) is 10.1. The van der Waals surface area contributed by atoms with Crippen LogP contribution < -0.4 is 0 Å². The molecule has 4 rings (SSSR count). The molecule has 3 fully saturated rings. The van der Waals surface area contributed by atoms with Gasteiger partial charge < -0.3 is 19.6 Å². The lowest BCUT2D eigenvalue weighted by Crippen LogP contribution is -2.57. The van der Waals surface area contributed by atoms with Crippen LogP contribution in [-0.2, 0) is 25.7 Å². The zero-order chi connectivity index (χ0) is 26.6. The number of esters is 1. The highest BCUT2D eigenvalue weighted by Crippen LogP contribution is 2.68. The maximum Gasteiger partial charge on any atom is 0.311 e. The van der Waals surface area contributed by atoms with Gasteiger partial charge in [-0.3, -0.25) is 14.4 Å². The topological polar surface area (TPSA) is 87.1 Å². The van der Waals surface area contributed by atoms with Crippen molar-refractivity contribution < 1.29 is 24.2 Å². The number of carbonyl (C=O) groups is 3. The van der Waals surface area contributed by atoms with E-state index in [1.807, 2.05) is 30.3 Å². The number of hydrogen-bond acceptors (Lipinski definition) is 6. The molecule has 3 unspecified atom stereocenters. The Morgan fingerprint density at radius 1 is 1.22 bits per heavy atom. The summed E-state index contributed by atoms with van der Waals surface area (Å²) in [5.41, 5.74) is 1.01. The van der Waals surface area contributed by atoms with Crippen molar-refractivity contribution in [1.29, 1.82) is 0 Å². The maximum atomic E-state index is 14.4. The number of rotatable bonds is 13. The van der Waals surface area contributed by atoms with Gasteiger partial charge in [0.15, 0.2) is 0 Å². The molecular formula is C29H38N2O5S. The van der Waals surface area contributed by atoms with Gasteiger partial charge in [-0.2, -0.15) is 0 Å². The molecule has 0 radical (unpaired) electrons. The van der Waals surface area contributed by atoms with Gasteiger partial charge in [-0.05, 0) is 37.2 Å². The summed E-state index contributed by atoms with van der Waals surface area (Å²) in [6, 6.07) is 9.15. The van der Waals surface area contributed by atoms with Crippen LogP contribution in [0.4, 0.5) is 0 Å². The van der Waals surface area contributed by atoms with Crippen LogP contribution in [0.3, 0.4) is 0 Å². The average molecular weight is 527 g/mol. The van der Waals surface area contributed by atoms with Crippen LogP contribution in [0.5, 0.6) is 0 Å². The first kappa shape index (κ1) is 27.5. The van der Waals surface area contributed by atoms with E-state index < -0.39 is 22.6 Å². The van der Waals surface area contributed by atoms with Crippen molar-refractivity contribution in [2.24, 2.45) is 17.8 Å². The van der Waals surface area contributed by atoms with E-state index >= 15 is 0 Å². The maximum absolute atomic E-state index is 14.4. The van der Waals surface area contributed by atoms with Gasteiger partial charge in [-0.25, -0.2) is 0 Å². The molecule has 1 aromatic carbocycles. The van der Waals surface area contributed by atoms with Crippen molar-refractivity contribution in [3.05, 3.63) is 61.2 Å². The van der Waals surface area contributed by atoms with Gasteiger partial charge in [0.1, 0.15) is 12.6 Å². The molecule has 1 aromatic rings. The summed E-state index contributed by atoms with van der Waals surface area (Å²) in [5.74, 6) is -1.64. The van der Waals surface area contributed by atoms with Gasteiger partial charge in [0.05, 0.1) is 16.6 Å². The smallest absolute Gasteiger partial charge is 0.311 e. The summed E-state index contributed by atoms with van der Waals surface area (Å²) in [5, 5.41) is 9.18. The lowest BCUT2D eigenvalue weighted by atomic mass is 9.66. The Balaban J connectivity index is 1.70. The van der Waals surface area contributed by atoms with Crippen molar-refractivity contribution in [3.63, 3.8) is 0 Å². The van der Waals surface area contributed by atoms with Gasteiger partial charge in [-0.1, -0.05) is 56.0 Å². The molecule has 0 aliphatic carbocycles. The molecule has 0 aromatic heterocycles. The number of benzene rings is 1. The van der Waals surface area contributed by atoms with Crippen LogP contribution in [0.2, 0.25) is 0 Å². The number of carbonyl (C=O) groups excluding carboxylic acids is 3. The number of nitrogens with zero attached hydrogens (tertiary/aromatic N) is 2. The minimum Gasteiger partial charge on any atom is -0.461 e. The van der Waals surface area contributed by atoms with Crippen molar-refractivity contribution in [2.75, 3.05) is 26.3 Å². The van der Waals surface area contributed by atoms with Crippen LogP contribution in [0.1, 0.15) is 38.2 Å². The first-order valence-electron chi connectivity index (χ1n) is 13.2. The number of aliphatic hydroxyl groups is 1. The molecule has 2 amide bonds. The summed E-state index contributed by atoms with van der Waals surface area (Å²) in [7, 11) is 0. The van der Waals surface area contributed by atoms with Crippen LogP contribution in [-0.4, -0.2) is 75.0 Å². The second-order valence-electron chi connectivity index (χ2n) is 10.3. The Morgan fingerprint density at radius 3 is 2.65 bits per heavy atom. The normalized spacial score (nSPS) is 29.7. The molecule has 200 valence electrons. The molecule has 3 heterocycles. The molecule has 3 aliphatic heterocycles. The SMILES string of the molecule is C=CCOC(=O)[C@@H]1[C@H]2C(=O)N(CCCCCO)C(C(=O)N(CC=C)Cc3ccccc3)C23S[C@@H]1CC3C. The van der Waals surface area contributed by atoms with E-state index in [-0.39, 0.29) is 42.2 Å². The molecule has 0 saturated carbocycles. The molecule has 8 heteroatoms. The van der Waals surface area contributed by atoms with Crippen LogP contribution in [0.25, 0.3) is 0 Å². The predicted octanol–water partition coefficient (Wildman–Crippen LogP) is 3.43. The monoisotopic (exact) mass is 526 g/mol. The van der Waals surface area contributed by atoms with Gasteiger partial charge in [0.2, 0.25) is 11.8 Å². The number of likely N-dealkylation sites (tertiary alicyclic amines) is 1. The van der Waals surface area contributed by atoms with Gasteiger partial charge >= 0.3 is 5.97 Å². The Bertz CT molecular complexity index is 1020. The lowest BCUT2D eigenvalue weighted by molar-refractivity contribution is -0.153. The predicted molar refractivity (Wildman–Crippen MR) is 145 cm³/mol. The minimum atomic E-state index is -0.677. The largest absolute Gasteiger partial charge is 0.461 e. The van der Waals surface area contributed by atoms with Gasteiger partial charge in [-0.15, -0.1) is 18.3 Å². The fraction of sp³-hybridized carbons (Fsp3) is 0.552. The fourth-order valence-corrected chi connectivity index (χ4v) is 8.88. The number of aliphatic hydroxyl groups excluding tert-OH is 1. The number of unbranched alkanes of at least 4 members (excludes halogenated alkanes) is 2. The number of ether oxygens (including phenoxy) is 1. The van der Waals surface area contributed by atoms with E-state index in [0.717, 1.165) is 18.4 Å². The standard InChI is InChI=1S/C29H38N2O5S/c1-4-14-30(19-21-12-8-6-9-13-21)27(34)25-29-20(3)18-22(37-29)23(28(35)36-17-5-2)24(29)26(33)31(25)15-10-7-11-16-32/h4-6,8-9,12-13,20,22-25,32H,1-2,7,10-11,14-19H2,3H3/t20?,22-,23+,24+,25?,29?/m1/s1. The van der Waals surface area contributed by atoms with E-state index in [4.69, 9.17) is 4.74 Å². The Labute approximate surface area is 223 Å². The average Bonchev–Trinajstić information content (AvgIpc) is 3.49. The van der Waals surface area contributed by atoms with E-state index in [1.165, 1.54) is 6.08 Å². The van der Waals surface area contributed by atoms with E-state index in [9.17, 15) is 19.5 Å². The highest BCUT2D eigenvalue weighted by Gasteiger charge is 2.76. The van der Waals surface area contributed by atoms with Gasteiger partial charge in [0.25, 0.3) is 0 Å². The third-order valence-electron chi connectivity index (χ3n) is 8.03. The molecule has 3 saturated heterocycles. The summed E-state index contributed by atoms with van der Waals surface area (Å²) in [6.45, 7) is 11.0. The second-order valence-corrected chi connectivity index (χ2v) is 11.8.